The van der Waals surface area contributed by atoms with Crippen molar-refractivity contribution in [3.63, 3.8) is 0 Å². The summed E-state index contributed by atoms with van der Waals surface area (Å²) in [7, 11) is 0. The summed E-state index contributed by atoms with van der Waals surface area (Å²) in [6, 6.07) is 9.55. The number of thiol groups is 1. The van der Waals surface area contributed by atoms with Gasteiger partial charge in [0.25, 0.3) is 0 Å². The van der Waals surface area contributed by atoms with Gasteiger partial charge in [0, 0.05) is 11.3 Å². The van der Waals surface area contributed by atoms with Gasteiger partial charge in [-0.05, 0) is 5.56 Å². The number of H-pyrrole nitrogens is 1. The molecule has 2 aromatic rings. The highest BCUT2D eigenvalue weighted by Gasteiger charge is 2.22. The van der Waals surface area contributed by atoms with Crippen LogP contribution in [0.1, 0.15) is 11.7 Å². The van der Waals surface area contributed by atoms with Crippen molar-refractivity contribution in [2.24, 2.45) is 0 Å². The van der Waals surface area contributed by atoms with Crippen LogP contribution in [0.15, 0.2) is 36.5 Å². The highest BCUT2D eigenvalue weighted by Crippen LogP contribution is 2.27. The lowest BCUT2D eigenvalue weighted by Crippen LogP contribution is -2.19. The van der Waals surface area contributed by atoms with Crippen LogP contribution in [0.5, 0.6) is 0 Å². The first-order chi connectivity index (χ1) is 8.24. The Morgan fingerprint density at radius 2 is 1.94 bits per heavy atom. The van der Waals surface area contributed by atoms with Gasteiger partial charge in [0.05, 0.1) is 18.0 Å². The molecule has 0 aliphatic carbocycles. The van der Waals surface area contributed by atoms with E-state index in [-0.39, 0.29) is 5.75 Å². The van der Waals surface area contributed by atoms with Gasteiger partial charge in [-0.1, -0.05) is 30.3 Å². The van der Waals surface area contributed by atoms with Crippen LogP contribution in [0, 0.1) is 0 Å². The summed E-state index contributed by atoms with van der Waals surface area (Å²) < 4.78 is 0. The molecule has 2 rings (SSSR count). The third kappa shape index (κ3) is 2.52. The largest absolute Gasteiger partial charge is 0.389 e. The summed E-state index contributed by atoms with van der Waals surface area (Å²) in [6.45, 7) is 0. The van der Waals surface area contributed by atoms with Gasteiger partial charge < -0.3 is 10.2 Å². The minimum Gasteiger partial charge on any atom is -0.389 e. The Morgan fingerprint density at radius 3 is 2.59 bits per heavy atom. The van der Waals surface area contributed by atoms with E-state index >= 15 is 0 Å². The zero-order valence-electron chi connectivity index (χ0n) is 9.11. The molecule has 0 bridgehead atoms. The van der Waals surface area contributed by atoms with E-state index < -0.39 is 12.2 Å². The fourth-order valence-electron chi connectivity index (χ4n) is 1.66. The van der Waals surface area contributed by atoms with Crippen molar-refractivity contribution in [1.29, 1.82) is 0 Å². The summed E-state index contributed by atoms with van der Waals surface area (Å²) in [5, 5.41) is 26.3. The van der Waals surface area contributed by atoms with Crippen molar-refractivity contribution in [3.8, 4) is 11.3 Å². The average molecular weight is 250 g/mol. The minimum atomic E-state index is -0.985. The Hall–Kier alpha value is -1.30. The van der Waals surface area contributed by atoms with E-state index in [1.807, 2.05) is 30.3 Å². The molecule has 2 atom stereocenters. The first kappa shape index (κ1) is 12.2. The van der Waals surface area contributed by atoms with Crippen molar-refractivity contribution < 1.29 is 10.2 Å². The second kappa shape index (κ2) is 5.35. The molecule has 2 unspecified atom stereocenters. The zero-order chi connectivity index (χ0) is 12.3. The summed E-state index contributed by atoms with van der Waals surface area (Å²) in [4.78, 5) is 0. The van der Waals surface area contributed by atoms with Gasteiger partial charge in [0.2, 0.25) is 0 Å². The van der Waals surface area contributed by atoms with Gasteiger partial charge in [0.1, 0.15) is 6.10 Å². The molecule has 0 fully saturated rings. The predicted molar refractivity (Wildman–Crippen MR) is 68.8 cm³/mol. The van der Waals surface area contributed by atoms with Crippen LogP contribution in [0.25, 0.3) is 11.3 Å². The van der Waals surface area contributed by atoms with E-state index in [4.69, 9.17) is 0 Å². The first-order valence-electron chi connectivity index (χ1n) is 5.29. The third-order valence-corrected chi connectivity index (χ3v) is 2.98. The van der Waals surface area contributed by atoms with Gasteiger partial charge in [-0.15, -0.1) is 0 Å². The maximum atomic E-state index is 9.96. The van der Waals surface area contributed by atoms with Crippen LogP contribution in [0.2, 0.25) is 0 Å². The highest BCUT2D eigenvalue weighted by atomic mass is 32.1. The smallest absolute Gasteiger partial charge is 0.109 e. The van der Waals surface area contributed by atoms with Crippen LogP contribution in [-0.4, -0.2) is 32.3 Å². The van der Waals surface area contributed by atoms with E-state index in [1.165, 1.54) is 6.20 Å². The number of hydrogen-bond acceptors (Lipinski definition) is 4. The number of aliphatic hydroxyl groups excluding tert-OH is 2. The Kier molecular flexibility index (Phi) is 3.83. The van der Waals surface area contributed by atoms with Crippen molar-refractivity contribution in [3.05, 3.63) is 42.1 Å². The molecule has 3 N–H and O–H groups in total. The maximum Gasteiger partial charge on any atom is 0.109 e. The molecule has 0 amide bonds. The van der Waals surface area contributed by atoms with Crippen molar-refractivity contribution in [1.82, 2.24) is 10.2 Å². The Morgan fingerprint density at radius 1 is 1.24 bits per heavy atom. The molecule has 0 radical (unpaired) electrons. The van der Waals surface area contributed by atoms with Gasteiger partial charge >= 0.3 is 0 Å². The minimum absolute atomic E-state index is 0.195. The third-order valence-electron chi connectivity index (χ3n) is 2.60. The van der Waals surface area contributed by atoms with Crippen molar-refractivity contribution >= 4 is 12.6 Å². The van der Waals surface area contributed by atoms with Crippen LogP contribution in [-0.2, 0) is 0 Å². The summed E-state index contributed by atoms with van der Waals surface area (Å²) in [5.41, 5.74) is 2.22. The quantitative estimate of drug-likeness (QED) is 0.620. The zero-order valence-corrected chi connectivity index (χ0v) is 10.0. The molecule has 0 spiro atoms. The highest BCUT2D eigenvalue weighted by molar-refractivity contribution is 7.80. The molecule has 0 aliphatic heterocycles. The molecule has 1 aromatic carbocycles. The molecule has 1 aromatic heterocycles. The number of aromatic nitrogens is 2. The number of hydrogen-bond donors (Lipinski definition) is 4. The lowest BCUT2D eigenvalue weighted by atomic mass is 10.0. The van der Waals surface area contributed by atoms with Crippen molar-refractivity contribution in [2.45, 2.75) is 12.2 Å². The monoisotopic (exact) mass is 250 g/mol. The van der Waals surface area contributed by atoms with E-state index in [0.29, 0.717) is 5.56 Å². The number of aromatic amines is 1. The molecule has 90 valence electrons. The lowest BCUT2D eigenvalue weighted by molar-refractivity contribution is 0.0341. The van der Waals surface area contributed by atoms with E-state index in [9.17, 15) is 10.2 Å². The first-order valence-corrected chi connectivity index (χ1v) is 5.93. The number of nitrogens with one attached hydrogen (secondary N) is 1. The Balaban J connectivity index is 2.35. The molecular weight excluding hydrogens is 236 g/mol. The van der Waals surface area contributed by atoms with E-state index in [0.717, 1.165) is 11.3 Å². The molecular formula is C12H14N2O2S. The van der Waals surface area contributed by atoms with Crippen LogP contribution >= 0.6 is 12.6 Å². The molecule has 0 aliphatic rings. The molecule has 0 saturated heterocycles. The fourth-order valence-corrected chi connectivity index (χ4v) is 1.86. The van der Waals surface area contributed by atoms with Crippen LogP contribution < -0.4 is 0 Å². The molecule has 0 saturated carbocycles. The lowest BCUT2D eigenvalue weighted by Gasteiger charge is -2.15. The normalized spacial score (nSPS) is 14.5. The summed E-state index contributed by atoms with van der Waals surface area (Å²) in [5.74, 6) is 0.195. The summed E-state index contributed by atoms with van der Waals surface area (Å²) in [6.07, 6.45) is -0.362. The molecule has 17 heavy (non-hydrogen) atoms. The molecule has 1 heterocycles. The van der Waals surface area contributed by atoms with Crippen molar-refractivity contribution in [2.75, 3.05) is 5.75 Å². The topological polar surface area (TPSA) is 69.1 Å². The average Bonchev–Trinajstić information content (AvgIpc) is 2.87. The second-order valence-corrected chi connectivity index (χ2v) is 4.13. The number of benzene rings is 1. The second-order valence-electron chi connectivity index (χ2n) is 3.76. The Bertz CT molecular complexity index is 472. The SMILES string of the molecule is OC(CS)C(O)c1cn[nH]c1-c1ccccc1. The predicted octanol–water partition coefficient (Wildman–Crippen LogP) is 1.40. The molecule has 4 nitrogen and oxygen atoms in total. The number of aliphatic hydroxyl groups is 2. The van der Waals surface area contributed by atoms with Gasteiger partial charge in [-0.25, -0.2) is 0 Å². The van der Waals surface area contributed by atoms with Gasteiger partial charge in [-0.3, -0.25) is 5.10 Å². The standard InChI is InChI=1S/C12H14N2O2S/c15-10(7-17)12(16)9-6-13-14-11(9)8-4-2-1-3-5-8/h1-6,10,12,15-17H,7H2,(H,13,14). The van der Waals surface area contributed by atoms with Gasteiger partial charge in [0.15, 0.2) is 0 Å². The van der Waals surface area contributed by atoms with Crippen LogP contribution in [0.3, 0.4) is 0 Å². The van der Waals surface area contributed by atoms with E-state index in [2.05, 4.69) is 22.8 Å². The number of nitrogens with zero attached hydrogens (tertiary/aromatic N) is 1. The summed E-state index contributed by atoms with van der Waals surface area (Å²) >= 11 is 3.97. The van der Waals surface area contributed by atoms with E-state index in [1.54, 1.807) is 0 Å². The maximum absolute atomic E-state index is 9.96. The fraction of sp³-hybridized carbons (Fsp3) is 0.250. The van der Waals surface area contributed by atoms with Crippen LogP contribution in [0.4, 0.5) is 0 Å². The molecule has 5 heteroatoms. The van der Waals surface area contributed by atoms with Gasteiger partial charge in [-0.2, -0.15) is 17.7 Å². The number of rotatable bonds is 4. The Labute approximate surface area is 105 Å².